The minimum Gasteiger partial charge on any atom is -0.693 e. The van der Waals surface area contributed by atoms with Crippen molar-refractivity contribution in [3.8, 4) is 0 Å². The molecule has 0 aliphatic rings. The van der Waals surface area contributed by atoms with E-state index in [2.05, 4.69) is 0 Å². The SMILES string of the molecule is [CH3-].[Cl][Ru+2][Cl].[NH2-]. The van der Waals surface area contributed by atoms with Gasteiger partial charge in [-0.1, -0.05) is 0 Å². The summed E-state index contributed by atoms with van der Waals surface area (Å²) >= 11 is -0.346. The molecule has 0 aromatic rings. The molecule has 0 heterocycles. The van der Waals surface area contributed by atoms with Crippen molar-refractivity contribution in [1.29, 1.82) is 0 Å². The molecule has 0 radical (unpaired) electrons. The predicted molar refractivity (Wildman–Crippen MR) is 23.4 cm³/mol. The Morgan fingerprint density at radius 1 is 1.20 bits per heavy atom. The van der Waals surface area contributed by atoms with E-state index in [1.54, 1.807) is 0 Å². The van der Waals surface area contributed by atoms with Crippen molar-refractivity contribution in [2.75, 3.05) is 0 Å². The van der Waals surface area contributed by atoms with Crippen molar-refractivity contribution >= 4 is 19.4 Å². The van der Waals surface area contributed by atoms with Crippen LogP contribution >= 0.6 is 19.4 Å². The second-order valence-electron chi connectivity index (χ2n) is 0.0505. The minimum absolute atomic E-state index is 0. The first kappa shape index (κ1) is 16.4. The molecule has 0 saturated carbocycles. The second-order valence-corrected chi connectivity index (χ2v) is 2.69. The maximum absolute atomic E-state index is 4.85. The summed E-state index contributed by atoms with van der Waals surface area (Å²) in [6.45, 7) is 0. The molecule has 0 aromatic heterocycles. The van der Waals surface area contributed by atoms with Crippen LogP contribution in [-0.4, -0.2) is 0 Å². The van der Waals surface area contributed by atoms with Gasteiger partial charge in [-0.3, -0.25) is 0 Å². The third kappa shape index (κ3) is 38.2. The van der Waals surface area contributed by atoms with Gasteiger partial charge in [0.2, 0.25) is 0 Å². The normalized spacial score (nSPS) is 3.60. The molecule has 0 saturated heterocycles. The van der Waals surface area contributed by atoms with E-state index in [1.165, 1.54) is 0 Å². The minimum atomic E-state index is -0.346. The zero-order chi connectivity index (χ0) is 2.71. The van der Waals surface area contributed by atoms with Crippen molar-refractivity contribution in [2.24, 2.45) is 0 Å². The largest absolute Gasteiger partial charge is 0.693 e. The first-order valence-electron chi connectivity index (χ1n) is 0.267. The van der Waals surface area contributed by atoms with Gasteiger partial charge in [-0.15, -0.1) is 0 Å². The summed E-state index contributed by atoms with van der Waals surface area (Å²) in [4.78, 5) is 0. The van der Waals surface area contributed by atoms with Gasteiger partial charge in [0.1, 0.15) is 0 Å². The van der Waals surface area contributed by atoms with E-state index in [0.717, 1.165) is 0 Å². The fourth-order valence-corrected chi connectivity index (χ4v) is 0. The molecule has 0 spiro atoms. The van der Waals surface area contributed by atoms with E-state index in [-0.39, 0.29) is 28.7 Å². The van der Waals surface area contributed by atoms with Crippen molar-refractivity contribution in [3.63, 3.8) is 0 Å². The monoisotopic (exact) mass is 203 g/mol. The molecule has 0 amide bonds. The van der Waals surface area contributed by atoms with Gasteiger partial charge in [0, 0.05) is 0 Å². The van der Waals surface area contributed by atoms with Crippen molar-refractivity contribution in [3.05, 3.63) is 13.6 Å². The topological polar surface area (TPSA) is 33.5 Å². The molecule has 0 rings (SSSR count). The third-order valence-electron chi connectivity index (χ3n) is 0. The number of rotatable bonds is 0. The van der Waals surface area contributed by atoms with Crippen LogP contribution in [0.5, 0.6) is 0 Å². The van der Waals surface area contributed by atoms with Crippen molar-refractivity contribution in [2.45, 2.75) is 0 Å². The predicted octanol–water partition coefficient (Wildman–Crippen LogP) is 2.54. The van der Waals surface area contributed by atoms with Gasteiger partial charge in [-0.05, 0) is 0 Å². The van der Waals surface area contributed by atoms with Gasteiger partial charge in [-0.25, -0.2) is 0 Å². The van der Waals surface area contributed by atoms with E-state index < -0.39 is 0 Å². The molecule has 0 aliphatic heterocycles. The van der Waals surface area contributed by atoms with Crippen LogP contribution in [0.2, 0.25) is 0 Å². The Bertz CT molecular complexity index is 9.61. The average Bonchev–Trinajstić information content (AvgIpc) is 0.918. The summed E-state index contributed by atoms with van der Waals surface area (Å²) in [6.07, 6.45) is 0. The third-order valence-corrected chi connectivity index (χ3v) is 0. The molecule has 0 aliphatic carbocycles. The Morgan fingerprint density at radius 3 is 1.20 bits per heavy atom. The first-order chi connectivity index (χ1) is 1.41. The zero-order valence-electron chi connectivity index (χ0n) is 2.69. The number of hydrogen-bond acceptors (Lipinski definition) is 0. The van der Waals surface area contributed by atoms with E-state index in [4.69, 9.17) is 19.4 Å². The molecule has 0 aromatic carbocycles. The van der Waals surface area contributed by atoms with E-state index in [9.17, 15) is 0 Å². The summed E-state index contributed by atoms with van der Waals surface area (Å²) in [7, 11) is 9.71. The van der Waals surface area contributed by atoms with E-state index in [0.29, 0.717) is 0 Å². The molecule has 1 nitrogen and oxygen atoms in total. The van der Waals surface area contributed by atoms with Gasteiger partial charge in [0.05, 0.1) is 0 Å². The molecule has 0 fully saturated rings. The van der Waals surface area contributed by atoms with Crippen LogP contribution in [0.15, 0.2) is 0 Å². The van der Waals surface area contributed by atoms with Crippen molar-refractivity contribution in [1.82, 2.24) is 0 Å². The standard InChI is InChI=1S/CH3.2ClH.H2N.Ru/h1H3;2*1H;1H2;/q-1;;;-1;+4/p-2. The molecule has 2 N–H and O–H groups in total. The Labute approximate surface area is 48.3 Å². The fourth-order valence-electron chi connectivity index (χ4n) is 0. The van der Waals surface area contributed by atoms with Gasteiger partial charge in [-0.2, -0.15) is 0 Å². The molecule has 4 heteroatoms. The van der Waals surface area contributed by atoms with E-state index in [1.807, 2.05) is 0 Å². The summed E-state index contributed by atoms with van der Waals surface area (Å²) in [5, 5.41) is 0. The van der Waals surface area contributed by atoms with Crippen LogP contribution in [-0.2, 0) is 15.1 Å². The molecule has 36 valence electrons. The molecular weight excluding hydrogens is 198 g/mol. The molecule has 0 atom stereocenters. The number of nitrogens with two attached hydrogens (primary N) is 1. The Morgan fingerprint density at radius 2 is 1.20 bits per heavy atom. The van der Waals surface area contributed by atoms with Crippen LogP contribution in [0.25, 0.3) is 6.15 Å². The maximum atomic E-state index is 4.85. The average molecular weight is 203 g/mol. The Balaban J connectivity index is -0.0000000200. The zero-order valence-corrected chi connectivity index (χ0v) is 5.94. The van der Waals surface area contributed by atoms with Gasteiger partial charge < -0.3 is 13.6 Å². The van der Waals surface area contributed by atoms with Crippen LogP contribution < -0.4 is 0 Å². The summed E-state index contributed by atoms with van der Waals surface area (Å²) < 4.78 is 0. The fraction of sp³-hybridized carbons (Fsp3) is 0. The maximum Gasteiger partial charge on any atom is -0.693 e. The van der Waals surface area contributed by atoms with Crippen LogP contribution in [0, 0.1) is 7.43 Å². The summed E-state index contributed by atoms with van der Waals surface area (Å²) in [5.41, 5.74) is 0. The quantitative estimate of drug-likeness (QED) is 0.428. The van der Waals surface area contributed by atoms with Crippen LogP contribution in [0.1, 0.15) is 0 Å². The van der Waals surface area contributed by atoms with Gasteiger partial charge >= 0.3 is 34.5 Å². The van der Waals surface area contributed by atoms with Crippen LogP contribution in [0.3, 0.4) is 0 Å². The van der Waals surface area contributed by atoms with Gasteiger partial charge in [0.15, 0.2) is 0 Å². The molecule has 0 bridgehead atoms. The first-order valence-corrected chi connectivity index (χ1v) is 4.74. The Kier molecular flexibility index (Phi) is 62.8. The van der Waals surface area contributed by atoms with Gasteiger partial charge in [0.25, 0.3) is 0 Å². The number of halogens is 2. The summed E-state index contributed by atoms with van der Waals surface area (Å²) in [5.74, 6) is 0. The second kappa shape index (κ2) is 19.1. The molecule has 5 heavy (non-hydrogen) atoms. The summed E-state index contributed by atoms with van der Waals surface area (Å²) in [6, 6.07) is 0. The van der Waals surface area contributed by atoms with Crippen molar-refractivity contribution < 1.29 is 15.1 Å². The Hall–Kier alpha value is 1.16. The van der Waals surface area contributed by atoms with Crippen LogP contribution in [0.4, 0.5) is 0 Å². The molecule has 0 unspecified atom stereocenters. The molecular formula is CH5Cl2NRu. The smallest absolute Gasteiger partial charge is 0.693 e. The van der Waals surface area contributed by atoms with E-state index >= 15 is 0 Å². The number of hydrogen-bond donors (Lipinski definition) is 0.